The molecule has 3 atom stereocenters. The highest BCUT2D eigenvalue weighted by Crippen LogP contribution is 2.41. The van der Waals surface area contributed by atoms with Crippen molar-refractivity contribution >= 4 is 17.7 Å². The largest absolute Gasteiger partial charge is 0.424 e. The maximum atomic E-state index is 11.5. The van der Waals surface area contributed by atoms with Gasteiger partial charge < -0.3 is 9.47 Å². The molecule has 0 amide bonds. The van der Waals surface area contributed by atoms with Gasteiger partial charge in [-0.05, 0) is 13.8 Å². The highest BCUT2D eigenvalue weighted by atomic mass is 16.7. The molecule has 0 aliphatic carbocycles. The maximum absolute atomic E-state index is 11.5. The Labute approximate surface area is 87.7 Å². The monoisotopic (exact) mass is 214 g/mol. The van der Waals surface area contributed by atoms with Crippen molar-refractivity contribution in [3.8, 4) is 0 Å². The van der Waals surface area contributed by atoms with E-state index in [-0.39, 0.29) is 5.78 Å². The van der Waals surface area contributed by atoms with Gasteiger partial charge in [0.05, 0.1) is 5.92 Å². The van der Waals surface area contributed by atoms with Crippen molar-refractivity contribution in [1.82, 2.24) is 0 Å². The third-order valence-electron chi connectivity index (χ3n) is 3.00. The van der Waals surface area contributed by atoms with Crippen LogP contribution in [-0.2, 0) is 23.9 Å². The van der Waals surface area contributed by atoms with E-state index < -0.39 is 29.6 Å². The molecule has 15 heavy (non-hydrogen) atoms. The topological polar surface area (TPSA) is 69.7 Å². The lowest BCUT2D eigenvalue weighted by Gasteiger charge is -2.27. The molecule has 0 aromatic rings. The Morgan fingerprint density at radius 3 is 2.33 bits per heavy atom. The van der Waals surface area contributed by atoms with Gasteiger partial charge in [0.1, 0.15) is 11.2 Å². The fraction of sp³-hybridized carbons (Fsp3) is 0.700. The summed E-state index contributed by atoms with van der Waals surface area (Å²) in [6, 6.07) is 0. The van der Waals surface area contributed by atoms with Crippen molar-refractivity contribution in [1.29, 1.82) is 0 Å². The van der Waals surface area contributed by atoms with Gasteiger partial charge in [0.15, 0.2) is 0 Å². The molecule has 0 saturated carbocycles. The van der Waals surface area contributed by atoms with Crippen molar-refractivity contribution < 1.29 is 23.9 Å². The van der Waals surface area contributed by atoms with Gasteiger partial charge in [-0.2, -0.15) is 0 Å². The summed E-state index contributed by atoms with van der Waals surface area (Å²) in [6.45, 7) is 5.72. The summed E-state index contributed by atoms with van der Waals surface area (Å²) in [6.07, 6.45) is -1.10. The number of rotatable bonds is 2. The number of cyclic esters (lactones) is 1. The third kappa shape index (κ3) is 1.73. The number of ketones is 1. The number of hydrogen-bond donors (Lipinski definition) is 0. The molecular weight excluding hydrogens is 200 g/mol. The number of carbonyl (C=O) groups is 3. The van der Waals surface area contributed by atoms with Crippen LogP contribution in [0.15, 0.2) is 0 Å². The molecule has 1 aliphatic rings. The molecule has 5 heteroatoms. The molecule has 0 bridgehead atoms. The predicted octanol–water partition coefficient (Wildman–Crippen LogP) is 0.664. The summed E-state index contributed by atoms with van der Waals surface area (Å²) >= 11 is 0. The standard InChI is InChI=1S/C10H14O5/c1-5-8(13)15-9(14-7(3)12)10(5,4)6(2)11/h5,9H,1-4H3/t5-,9-,10+/m1/s1. The first kappa shape index (κ1) is 11.7. The molecule has 0 radical (unpaired) electrons. The summed E-state index contributed by atoms with van der Waals surface area (Å²) in [5.41, 5.74) is -1.08. The van der Waals surface area contributed by atoms with Crippen LogP contribution in [-0.4, -0.2) is 24.0 Å². The Morgan fingerprint density at radius 2 is 1.93 bits per heavy atom. The molecule has 5 nitrogen and oxygen atoms in total. The average molecular weight is 214 g/mol. The molecule has 1 saturated heterocycles. The number of esters is 2. The van der Waals surface area contributed by atoms with Gasteiger partial charge in [-0.1, -0.05) is 6.92 Å². The van der Waals surface area contributed by atoms with Crippen LogP contribution in [0.25, 0.3) is 0 Å². The second-order valence-electron chi connectivity index (χ2n) is 3.94. The zero-order chi connectivity index (χ0) is 11.8. The zero-order valence-electron chi connectivity index (χ0n) is 9.20. The van der Waals surface area contributed by atoms with E-state index in [0.29, 0.717) is 0 Å². The summed E-state index contributed by atoms with van der Waals surface area (Å²) in [5.74, 6) is -1.92. The van der Waals surface area contributed by atoms with Crippen LogP contribution in [0.1, 0.15) is 27.7 Å². The first-order valence-corrected chi connectivity index (χ1v) is 4.69. The highest BCUT2D eigenvalue weighted by molar-refractivity contribution is 5.91. The fourth-order valence-corrected chi connectivity index (χ4v) is 1.55. The van der Waals surface area contributed by atoms with Crippen molar-refractivity contribution in [2.45, 2.75) is 34.0 Å². The van der Waals surface area contributed by atoms with Gasteiger partial charge in [0, 0.05) is 6.92 Å². The molecule has 1 fully saturated rings. The van der Waals surface area contributed by atoms with E-state index in [4.69, 9.17) is 9.47 Å². The van der Waals surface area contributed by atoms with Crippen LogP contribution in [0, 0.1) is 11.3 Å². The SMILES string of the molecule is CC(=O)O[C@@H]1OC(=O)[C@@H](C)[C@@]1(C)C(C)=O. The molecule has 1 aliphatic heterocycles. The molecule has 0 aromatic carbocycles. The first-order valence-electron chi connectivity index (χ1n) is 4.69. The fourth-order valence-electron chi connectivity index (χ4n) is 1.55. The van der Waals surface area contributed by atoms with Crippen LogP contribution in [0.5, 0.6) is 0 Å². The zero-order valence-corrected chi connectivity index (χ0v) is 9.20. The molecule has 0 N–H and O–H groups in total. The van der Waals surface area contributed by atoms with E-state index in [1.807, 2.05) is 0 Å². The summed E-state index contributed by atoms with van der Waals surface area (Å²) in [4.78, 5) is 33.6. The van der Waals surface area contributed by atoms with Crippen LogP contribution in [0.3, 0.4) is 0 Å². The van der Waals surface area contributed by atoms with E-state index in [0.717, 1.165) is 0 Å². The van der Waals surface area contributed by atoms with Crippen molar-refractivity contribution in [3.05, 3.63) is 0 Å². The number of hydrogen-bond acceptors (Lipinski definition) is 5. The summed E-state index contributed by atoms with van der Waals surface area (Å²) in [7, 11) is 0. The average Bonchev–Trinajstić information content (AvgIpc) is 2.31. The third-order valence-corrected chi connectivity index (χ3v) is 3.00. The Kier molecular flexibility index (Phi) is 2.83. The van der Waals surface area contributed by atoms with Crippen LogP contribution >= 0.6 is 0 Å². The molecule has 84 valence electrons. The Bertz CT molecular complexity index is 320. The lowest BCUT2D eigenvalue weighted by atomic mass is 9.76. The molecule has 1 rings (SSSR count). The Hall–Kier alpha value is -1.39. The van der Waals surface area contributed by atoms with Gasteiger partial charge in [0.2, 0.25) is 0 Å². The van der Waals surface area contributed by atoms with Crippen LogP contribution in [0.4, 0.5) is 0 Å². The molecule has 0 aromatic heterocycles. The molecule has 0 unspecified atom stereocenters. The highest BCUT2D eigenvalue weighted by Gasteiger charge is 2.57. The molecule has 0 spiro atoms. The van der Waals surface area contributed by atoms with Crippen molar-refractivity contribution in [2.75, 3.05) is 0 Å². The van der Waals surface area contributed by atoms with Crippen molar-refractivity contribution in [2.24, 2.45) is 11.3 Å². The van der Waals surface area contributed by atoms with Gasteiger partial charge in [-0.3, -0.25) is 14.4 Å². The summed E-state index contributed by atoms with van der Waals surface area (Å²) < 4.78 is 9.68. The molecule has 1 heterocycles. The number of carbonyl (C=O) groups excluding carboxylic acids is 3. The van der Waals surface area contributed by atoms with Gasteiger partial charge >= 0.3 is 11.9 Å². The first-order chi connectivity index (χ1) is 6.80. The van der Waals surface area contributed by atoms with Crippen LogP contribution in [0.2, 0.25) is 0 Å². The molecular formula is C10H14O5. The lowest BCUT2D eigenvalue weighted by Crippen LogP contribution is -2.41. The van der Waals surface area contributed by atoms with Crippen molar-refractivity contribution in [3.63, 3.8) is 0 Å². The smallest absolute Gasteiger partial charge is 0.313 e. The summed E-state index contributed by atoms with van der Waals surface area (Å²) in [5, 5.41) is 0. The maximum Gasteiger partial charge on any atom is 0.313 e. The lowest BCUT2D eigenvalue weighted by molar-refractivity contribution is -0.188. The second-order valence-corrected chi connectivity index (χ2v) is 3.94. The van der Waals surface area contributed by atoms with Gasteiger partial charge in [-0.15, -0.1) is 0 Å². The normalized spacial score (nSPS) is 34.8. The van der Waals surface area contributed by atoms with E-state index >= 15 is 0 Å². The van der Waals surface area contributed by atoms with E-state index in [2.05, 4.69) is 0 Å². The minimum absolute atomic E-state index is 0.230. The Balaban J connectivity index is 3.01. The number of Topliss-reactive ketones (excluding diaryl/α,β-unsaturated/α-hetero) is 1. The Morgan fingerprint density at radius 1 is 1.40 bits per heavy atom. The van der Waals surface area contributed by atoms with E-state index in [1.165, 1.54) is 13.8 Å². The van der Waals surface area contributed by atoms with E-state index in [9.17, 15) is 14.4 Å². The van der Waals surface area contributed by atoms with Crippen LogP contribution < -0.4 is 0 Å². The minimum atomic E-state index is -1.10. The van der Waals surface area contributed by atoms with Gasteiger partial charge in [-0.25, -0.2) is 0 Å². The van der Waals surface area contributed by atoms with Gasteiger partial charge in [0.25, 0.3) is 6.29 Å². The quantitative estimate of drug-likeness (QED) is 0.631. The predicted molar refractivity (Wildman–Crippen MR) is 49.6 cm³/mol. The number of ether oxygens (including phenoxy) is 2. The minimum Gasteiger partial charge on any atom is -0.424 e. The van der Waals surface area contributed by atoms with E-state index in [1.54, 1.807) is 13.8 Å². The second kappa shape index (κ2) is 3.64.